The van der Waals surface area contributed by atoms with Crippen molar-refractivity contribution in [1.29, 1.82) is 5.26 Å². The fourth-order valence-electron chi connectivity index (χ4n) is 10.4. The lowest BCUT2D eigenvalue weighted by atomic mass is 9.90. The van der Waals surface area contributed by atoms with E-state index in [2.05, 4.69) is 198 Å². The highest BCUT2D eigenvalue weighted by molar-refractivity contribution is 6.09. The van der Waals surface area contributed by atoms with Crippen LogP contribution in [0.1, 0.15) is 5.56 Å². The van der Waals surface area contributed by atoms with Gasteiger partial charge in [0.15, 0.2) is 17.5 Å². The van der Waals surface area contributed by atoms with Gasteiger partial charge in [-0.15, -0.1) is 0 Å². The highest BCUT2D eigenvalue weighted by Gasteiger charge is 2.26. The molecule has 0 unspecified atom stereocenters. The first kappa shape index (κ1) is 45.4. The van der Waals surface area contributed by atoms with Gasteiger partial charge in [0, 0.05) is 55.7 Å². The Morgan fingerprint density at radius 3 is 1.08 bits per heavy atom. The molecule has 0 aliphatic carbocycles. The number of fused-ring (bicyclic) bond motifs is 3. The van der Waals surface area contributed by atoms with Crippen molar-refractivity contribution in [3.05, 3.63) is 285 Å². The van der Waals surface area contributed by atoms with Gasteiger partial charge in [0.2, 0.25) is 0 Å². The molecule has 11 aromatic carbocycles. The normalized spacial score (nSPS) is 11.1. The van der Waals surface area contributed by atoms with Gasteiger partial charge in [-0.25, -0.2) is 15.0 Å². The summed E-state index contributed by atoms with van der Waals surface area (Å²) in [5.74, 6) is 1.71. The monoisotopic (exact) mass is 970 g/mol. The smallest absolute Gasteiger partial charge is 0.164 e. The lowest BCUT2D eigenvalue weighted by molar-refractivity contribution is 1.07. The van der Waals surface area contributed by atoms with Gasteiger partial charge in [-0.05, 0) is 106 Å². The number of para-hydroxylation sites is 2. The Morgan fingerprint density at radius 2 is 0.658 bits per heavy atom. The lowest BCUT2D eigenvalue weighted by Crippen LogP contribution is -2.13. The second-order valence-electron chi connectivity index (χ2n) is 18.7. The van der Waals surface area contributed by atoms with E-state index >= 15 is 0 Å². The number of nitriles is 1. The Hall–Kier alpha value is -10.5. The van der Waals surface area contributed by atoms with Gasteiger partial charge >= 0.3 is 0 Å². The molecule has 0 aliphatic heterocycles. The molecule has 356 valence electrons. The van der Waals surface area contributed by atoms with Crippen LogP contribution in [0.4, 0.5) is 17.1 Å². The van der Waals surface area contributed by atoms with E-state index in [1.807, 2.05) is 97.1 Å². The van der Waals surface area contributed by atoms with E-state index in [1.54, 1.807) is 0 Å². The van der Waals surface area contributed by atoms with E-state index in [-0.39, 0.29) is 0 Å². The molecule has 76 heavy (non-hydrogen) atoms. The lowest BCUT2D eigenvalue weighted by Gasteiger charge is -2.31. The molecule has 0 fully saturated rings. The molecule has 0 saturated heterocycles. The van der Waals surface area contributed by atoms with Crippen LogP contribution in [0.25, 0.3) is 106 Å². The number of hydrogen-bond donors (Lipinski definition) is 0. The van der Waals surface area contributed by atoms with Crippen LogP contribution in [0, 0.1) is 11.3 Å². The van der Waals surface area contributed by atoms with Crippen molar-refractivity contribution in [3.63, 3.8) is 0 Å². The van der Waals surface area contributed by atoms with Crippen molar-refractivity contribution in [2.45, 2.75) is 0 Å². The zero-order valence-electron chi connectivity index (χ0n) is 41.2. The highest BCUT2D eigenvalue weighted by Crippen LogP contribution is 2.49. The Balaban J connectivity index is 1.09. The van der Waals surface area contributed by atoms with Crippen molar-refractivity contribution in [3.8, 4) is 90.4 Å². The second-order valence-corrected chi connectivity index (χ2v) is 18.7. The fraction of sp³-hybridized carbons (Fsp3) is 0. The molecule has 0 bridgehead atoms. The maximum Gasteiger partial charge on any atom is 0.164 e. The van der Waals surface area contributed by atoms with Gasteiger partial charge in [-0.2, -0.15) is 5.26 Å². The minimum Gasteiger partial charge on any atom is -0.309 e. The molecule has 0 saturated carbocycles. The second kappa shape index (κ2) is 19.8. The van der Waals surface area contributed by atoms with Gasteiger partial charge in [0.25, 0.3) is 0 Å². The van der Waals surface area contributed by atoms with E-state index in [1.165, 1.54) is 10.8 Å². The quantitative estimate of drug-likeness (QED) is 0.129. The average Bonchev–Trinajstić information content (AvgIpc) is 3.88. The topological polar surface area (TPSA) is 70.6 Å². The van der Waals surface area contributed by atoms with Gasteiger partial charge in [-0.1, -0.05) is 206 Å². The van der Waals surface area contributed by atoms with E-state index < -0.39 is 0 Å². The minimum absolute atomic E-state index is 0.545. The Labute approximate surface area is 441 Å². The minimum atomic E-state index is 0.545. The van der Waals surface area contributed by atoms with Crippen LogP contribution in [0.3, 0.4) is 0 Å². The van der Waals surface area contributed by atoms with E-state index in [0.717, 1.165) is 95.0 Å². The zero-order valence-corrected chi connectivity index (χ0v) is 41.2. The molecule has 2 heterocycles. The Bertz CT molecular complexity index is 4010. The van der Waals surface area contributed by atoms with Crippen LogP contribution in [-0.4, -0.2) is 19.5 Å². The third-order valence-electron chi connectivity index (χ3n) is 14.1. The molecule has 6 nitrogen and oxygen atoms in total. The number of rotatable bonds is 11. The zero-order chi connectivity index (χ0) is 50.8. The first-order valence-electron chi connectivity index (χ1n) is 25.4. The molecule has 13 aromatic rings. The molecule has 6 heteroatoms. The fourth-order valence-corrected chi connectivity index (χ4v) is 10.4. The van der Waals surface area contributed by atoms with Crippen LogP contribution in [0.15, 0.2) is 279 Å². The van der Waals surface area contributed by atoms with Crippen molar-refractivity contribution in [1.82, 2.24) is 19.5 Å². The SMILES string of the molecule is N#Cc1ccc(N(c2ccc(-n3c4ccccc4c4ccccc43)cc2)c2c(-c3ccc(-c4ccccc4)cc3)cc(-c3nc(-c4ccccc4)nc(-c4ccccc4)n3)cc2-c2ccc(-c3ccccc3)cc2)cc1. The molecule has 0 spiro atoms. The molecular formula is C70H46N6. The summed E-state index contributed by atoms with van der Waals surface area (Å²) < 4.78 is 2.34. The number of benzene rings is 11. The molecule has 0 radical (unpaired) electrons. The van der Waals surface area contributed by atoms with Crippen LogP contribution >= 0.6 is 0 Å². The first-order chi connectivity index (χ1) is 37.6. The van der Waals surface area contributed by atoms with Gasteiger partial charge in [-0.3, -0.25) is 0 Å². The standard InChI is InChI=1S/C70H46N6/c71-47-48-29-39-58(40-30-48)75(59-41-43-60(44-42-59)76-65-27-15-13-25-61(65)62-26-14-16-28-66(62)76)67-63(53-35-31-51(32-36-53)49-17-5-1-6-18-49)45-57(46-64(67)54-37-33-52(34-38-54)50-19-7-2-8-20-50)70-73-68(55-21-9-3-10-22-55)72-69(74-70)56-23-11-4-12-24-56/h1-46H. The summed E-state index contributed by atoms with van der Waals surface area (Å²) in [4.78, 5) is 18.0. The molecule has 0 atom stereocenters. The maximum atomic E-state index is 10.1. The van der Waals surface area contributed by atoms with E-state index in [9.17, 15) is 5.26 Å². The Kier molecular flexibility index (Phi) is 11.9. The molecule has 0 N–H and O–H groups in total. The summed E-state index contributed by atoms with van der Waals surface area (Å²) in [5.41, 5.74) is 17.7. The largest absolute Gasteiger partial charge is 0.309 e. The van der Waals surface area contributed by atoms with Crippen LogP contribution in [0.2, 0.25) is 0 Å². The summed E-state index contributed by atoms with van der Waals surface area (Å²) in [5, 5.41) is 12.5. The van der Waals surface area contributed by atoms with Crippen molar-refractivity contribution in [2.75, 3.05) is 4.90 Å². The van der Waals surface area contributed by atoms with Crippen LogP contribution in [0.5, 0.6) is 0 Å². The predicted octanol–water partition coefficient (Wildman–Crippen LogP) is 18.0. The summed E-state index contributed by atoms with van der Waals surface area (Å²) in [6.45, 7) is 0. The highest BCUT2D eigenvalue weighted by atomic mass is 15.1. The van der Waals surface area contributed by atoms with Crippen LogP contribution in [-0.2, 0) is 0 Å². The molecule has 0 aliphatic rings. The van der Waals surface area contributed by atoms with Crippen LogP contribution < -0.4 is 4.90 Å². The molecule has 2 aromatic heterocycles. The predicted molar refractivity (Wildman–Crippen MR) is 312 cm³/mol. The molecular weight excluding hydrogens is 925 g/mol. The van der Waals surface area contributed by atoms with Gasteiger partial charge in [0.1, 0.15) is 0 Å². The third-order valence-corrected chi connectivity index (χ3v) is 14.1. The average molecular weight is 971 g/mol. The number of aromatic nitrogens is 4. The summed E-state index contributed by atoms with van der Waals surface area (Å²) in [6, 6.07) is 99.6. The first-order valence-corrected chi connectivity index (χ1v) is 25.4. The number of hydrogen-bond acceptors (Lipinski definition) is 5. The Morgan fingerprint density at radius 1 is 0.316 bits per heavy atom. The van der Waals surface area contributed by atoms with Crippen molar-refractivity contribution >= 4 is 38.9 Å². The summed E-state index contributed by atoms with van der Waals surface area (Å²) >= 11 is 0. The maximum absolute atomic E-state index is 10.1. The number of anilines is 3. The van der Waals surface area contributed by atoms with Gasteiger partial charge < -0.3 is 9.47 Å². The van der Waals surface area contributed by atoms with Gasteiger partial charge in [0.05, 0.1) is 28.4 Å². The van der Waals surface area contributed by atoms with Crippen molar-refractivity contribution < 1.29 is 0 Å². The van der Waals surface area contributed by atoms with E-state index in [4.69, 9.17) is 15.0 Å². The summed E-state index contributed by atoms with van der Waals surface area (Å²) in [6.07, 6.45) is 0. The summed E-state index contributed by atoms with van der Waals surface area (Å²) in [7, 11) is 0. The van der Waals surface area contributed by atoms with E-state index in [0.29, 0.717) is 23.0 Å². The molecule has 0 amide bonds. The molecule has 13 rings (SSSR count). The number of nitrogens with zero attached hydrogens (tertiary/aromatic N) is 6. The van der Waals surface area contributed by atoms with Crippen molar-refractivity contribution in [2.24, 2.45) is 0 Å². The third kappa shape index (κ3) is 8.64.